The van der Waals surface area contributed by atoms with E-state index in [4.69, 9.17) is 5.84 Å². The highest BCUT2D eigenvalue weighted by Gasteiger charge is 2.17. The smallest absolute Gasteiger partial charge is 0.243 e. The van der Waals surface area contributed by atoms with E-state index < -0.39 is 0 Å². The van der Waals surface area contributed by atoms with Crippen molar-refractivity contribution in [3.63, 3.8) is 0 Å². The number of nitrogens with zero attached hydrogens (tertiary/aromatic N) is 6. The molecule has 1 saturated heterocycles. The average molecular weight is 288 g/mol. The molecule has 0 aliphatic carbocycles. The summed E-state index contributed by atoms with van der Waals surface area (Å²) in [4.78, 5) is 19.8. The number of piperidine rings is 1. The average Bonchev–Trinajstić information content (AvgIpc) is 3.04. The van der Waals surface area contributed by atoms with Crippen LogP contribution >= 0.6 is 0 Å². The van der Waals surface area contributed by atoms with Crippen molar-refractivity contribution in [1.82, 2.24) is 24.5 Å². The number of hydrogen-bond donors (Lipinski definition) is 2. The lowest BCUT2D eigenvalue weighted by Crippen LogP contribution is -2.32. The van der Waals surface area contributed by atoms with E-state index in [2.05, 4.69) is 30.3 Å². The summed E-state index contributed by atoms with van der Waals surface area (Å²) in [6, 6.07) is 0. The summed E-state index contributed by atoms with van der Waals surface area (Å²) in [6.07, 6.45) is 8.00. The maximum absolute atomic E-state index is 5.49. The van der Waals surface area contributed by atoms with E-state index in [1.165, 1.54) is 6.42 Å². The van der Waals surface area contributed by atoms with Gasteiger partial charge in [0.15, 0.2) is 0 Å². The second kappa shape index (κ2) is 6.04. The predicted octanol–water partition coefficient (Wildman–Crippen LogP) is 0.896. The molecule has 3 N–H and O–H groups in total. The van der Waals surface area contributed by atoms with Crippen LogP contribution in [0.1, 0.15) is 32.0 Å². The van der Waals surface area contributed by atoms with Crippen molar-refractivity contribution in [3.8, 4) is 5.95 Å². The summed E-state index contributed by atoms with van der Waals surface area (Å²) in [5, 5.41) is 0. The van der Waals surface area contributed by atoms with Gasteiger partial charge in [-0.05, 0) is 19.3 Å². The Balaban J connectivity index is 2.00. The van der Waals surface area contributed by atoms with Crippen molar-refractivity contribution < 1.29 is 0 Å². The Kier molecular flexibility index (Phi) is 3.96. The van der Waals surface area contributed by atoms with E-state index in [-0.39, 0.29) is 0 Å². The van der Waals surface area contributed by atoms with Crippen LogP contribution in [0.25, 0.3) is 5.95 Å². The van der Waals surface area contributed by atoms with Crippen molar-refractivity contribution in [2.45, 2.75) is 32.6 Å². The van der Waals surface area contributed by atoms with Crippen molar-refractivity contribution in [2.24, 2.45) is 5.84 Å². The minimum absolute atomic E-state index is 0.372. The van der Waals surface area contributed by atoms with Crippen LogP contribution in [0.5, 0.6) is 0 Å². The van der Waals surface area contributed by atoms with Gasteiger partial charge in [0.25, 0.3) is 0 Å². The largest absolute Gasteiger partial charge is 0.341 e. The molecule has 1 aliphatic heterocycles. The molecular formula is C13H20N8. The van der Waals surface area contributed by atoms with Crippen molar-refractivity contribution in [3.05, 3.63) is 18.2 Å². The maximum Gasteiger partial charge on any atom is 0.243 e. The number of hydrazine groups is 1. The Labute approximate surface area is 123 Å². The van der Waals surface area contributed by atoms with Crippen LogP contribution < -0.4 is 16.2 Å². The summed E-state index contributed by atoms with van der Waals surface area (Å²) in [6.45, 7) is 3.99. The maximum atomic E-state index is 5.49. The third kappa shape index (κ3) is 2.80. The number of hydrogen-bond acceptors (Lipinski definition) is 7. The monoisotopic (exact) mass is 288 g/mol. The summed E-state index contributed by atoms with van der Waals surface area (Å²) in [5.41, 5.74) is 2.52. The van der Waals surface area contributed by atoms with Gasteiger partial charge in [0.2, 0.25) is 17.8 Å². The first-order valence-electron chi connectivity index (χ1n) is 7.32. The van der Waals surface area contributed by atoms with Crippen LogP contribution in [-0.2, 0) is 6.42 Å². The van der Waals surface area contributed by atoms with Gasteiger partial charge < -0.3 is 4.90 Å². The van der Waals surface area contributed by atoms with Gasteiger partial charge in [-0.1, -0.05) is 6.92 Å². The van der Waals surface area contributed by atoms with Crippen LogP contribution in [0.3, 0.4) is 0 Å². The third-order valence-corrected chi connectivity index (χ3v) is 3.63. The molecule has 112 valence electrons. The molecule has 21 heavy (non-hydrogen) atoms. The topological polar surface area (TPSA) is 97.8 Å². The lowest BCUT2D eigenvalue weighted by molar-refractivity contribution is 0.566. The molecule has 1 aliphatic rings. The second-order valence-electron chi connectivity index (χ2n) is 5.02. The third-order valence-electron chi connectivity index (χ3n) is 3.63. The van der Waals surface area contributed by atoms with Crippen LogP contribution in [0.15, 0.2) is 12.4 Å². The molecule has 8 nitrogen and oxygen atoms in total. The first-order valence-corrected chi connectivity index (χ1v) is 7.32. The van der Waals surface area contributed by atoms with Crippen molar-refractivity contribution >= 4 is 11.9 Å². The van der Waals surface area contributed by atoms with E-state index >= 15 is 0 Å². The molecule has 0 atom stereocenters. The number of nitrogen functional groups attached to an aromatic ring is 1. The fourth-order valence-corrected chi connectivity index (χ4v) is 2.54. The van der Waals surface area contributed by atoms with E-state index in [1.807, 2.05) is 17.7 Å². The highest BCUT2D eigenvalue weighted by atomic mass is 15.4. The van der Waals surface area contributed by atoms with Gasteiger partial charge in [0.1, 0.15) is 5.82 Å². The first kappa shape index (κ1) is 13.7. The predicted molar refractivity (Wildman–Crippen MR) is 80.2 cm³/mol. The lowest BCUT2D eigenvalue weighted by Gasteiger charge is -2.26. The Hall–Kier alpha value is -2.22. The fraction of sp³-hybridized carbons (Fsp3) is 0.538. The zero-order valence-corrected chi connectivity index (χ0v) is 12.2. The summed E-state index contributed by atoms with van der Waals surface area (Å²) in [5.74, 6) is 8.00. The first-order chi connectivity index (χ1) is 10.3. The number of nitrogens with one attached hydrogen (secondary N) is 1. The SMILES string of the molecule is CCc1nccn1-c1nc(NN)nc(N2CCCCC2)n1. The van der Waals surface area contributed by atoms with Crippen molar-refractivity contribution in [2.75, 3.05) is 23.4 Å². The molecular weight excluding hydrogens is 268 g/mol. The van der Waals surface area contributed by atoms with Crippen LogP contribution in [0.2, 0.25) is 0 Å². The molecule has 0 unspecified atom stereocenters. The summed E-state index contributed by atoms with van der Waals surface area (Å²) >= 11 is 0. The molecule has 8 heteroatoms. The van der Waals surface area contributed by atoms with Gasteiger partial charge in [0.05, 0.1) is 0 Å². The second-order valence-corrected chi connectivity index (χ2v) is 5.02. The standard InChI is InChI=1S/C13H20N8/c1-2-10-15-6-9-21(10)13-17-11(19-14)16-12(18-13)20-7-4-3-5-8-20/h6,9H,2-5,7-8,14H2,1H3,(H,16,17,18,19). The molecule has 1 fully saturated rings. The number of imidazole rings is 1. The number of aromatic nitrogens is 5. The highest BCUT2D eigenvalue weighted by Crippen LogP contribution is 2.18. The number of nitrogens with two attached hydrogens (primary N) is 1. The van der Waals surface area contributed by atoms with Gasteiger partial charge in [-0.3, -0.25) is 9.99 Å². The van der Waals surface area contributed by atoms with Gasteiger partial charge in [0, 0.05) is 31.9 Å². The summed E-state index contributed by atoms with van der Waals surface area (Å²) in [7, 11) is 0. The Bertz CT molecular complexity index is 602. The minimum Gasteiger partial charge on any atom is -0.341 e. The molecule has 0 radical (unpaired) electrons. The van der Waals surface area contributed by atoms with E-state index in [1.54, 1.807) is 6.20 Å². The molecule has 3 heterocycles. The Morgan fingerprint density at radius 1 is 1.14 bits per heavy atom. The van der Waals surface area contributed by atoms with E-state index in [9.17, 15) is 0 Å². The van der Waals surface area contributed by atoms with Crippen LogP contribution in [-0.4, -0.2) is 37.6 Å². The Morgan fingerprint density at radius 3 is 2.62 bits per heavy atom. The van der Waals surface area contributed by atoms with Gasteiger partial charge in [-0.15, -0.1) is 0 Å². The molecule has 0 spiro atoms. The molecule has 0 bridgehead atoms. The number of rotatable bonds is 4. The zero-order chi connectivity index (χ0) is 14.7. The fourth-order valence-electron chi connectivity index (χ4n) is 2.54. The molecule has 3 rings (SSSR count). The Morgan fingerprint density at radius 2 is 1.90 bits per heavy atom. The number of aryl methyl sites for hydroxylation is 1. The van der Waals surface area contributed by atoms with Crippen LogP contribution in [0.4, 0.5) is 11.9 Å². The number of anilines is 2. The molecule has 0 aromatic carbocycles. The zero-order valence-electron chi connectivity index (χ0n) is 12.2. The van der Waals surface area contributed by atoms with Gasteiger partial charge in [-0.25, -0.2) is 10.8 Å². The molecule has 2 aromatic rings. The highest BCUT2D eigenvalue weighted by molar-refractivity contribution is 5.40. The van der Waals surface area contributed by atoms with Gasteiger partial charge >= 0.3 is 0 Å². The van der Waals surface area contributed by atoms with E-state index in [0.717, 1.165) is 38.2 Å². The lowest BCUT2D eigenvalue weighted by atomic mass is 10.1. The molecule has 0 amide bonds. The van der Waals surface area contributed by atoms with Gasteiger partial charge in [-0.2, -0.15) is 15.0 Å². The van der Waals surface area contributed by atoms with E-state index in [0.29, 0.717) is 17.8 Å². The quantitative estimate of drug-likeness (QED) is 0.637. The molecule has 0 saturated carbocycles. The summed E-state index contributed by atoms with van der Waals surface area (Å²) < 4.78 is 1.87. The van der Waals surface area contributed by atoms with Crippen LogP contribution in [0, 0.1) is 0 Å². The molecule has 2 aromatic heterocycles. The normalized spacial score (nSPS) is 15.2. The minimum atomic E-state index is 0.372. The van der Waals surface area contributed by atoms with Crippen molar-refractivity contribution in [1.29, 1.82) is 0 Å².